The first-order valence-corrected chi connectivity index (χ1v) is 5.15. The summed E-state index contributed by atoms with van der Waals surface area (Å²) in [5.74, 6) is 0.590. The van der Waals surface area contributed by atoms with E-state index < -0.39 is 0 Å². The lowest BCUT2D eigenvalue weighted by Crippen LogP contribution is -2.11. The summed E-state index contributed by atoms with van der Waals surface area (Å²) < 4.78 is 10.0. The third-order valence-corrected chi connectivity index (χ3v) is 2.27. The van der Waals surface area contributed by atoms with E-state index in [1.54, 1.807) is 14.2 Å². The van der Waals surface area contributed by atoms with Crippen molar-refractivity contribution in [3.05, 3.63) is 18.1 Å². The zero-order valence-corrected chi connectivity index (χ0v) is 9.82. The Balaban J connectivity index is 2.57. The second kappa shape index (κ2) is 5.93. The number of hydrogen-bond donors (Lipinski definition) is 0. The number of aromatic nitrogens is 2. The largest absolute Gasteiger partial charge is 0.481 e. The summed E-state index contributed by atoms with van der Waals surface area (Å²) in [5.41, 5.74) is 0.941. The maximum Gasteiger partial charge on any atom is 0.216 e. The van der Waals surface area contributed by atoms with Crippen LogP contribution in [0.5, 0.6) is 5.88 Å². The van der Waals surface area contributed by atoms with E-state index in [0.29, 0.717) is 12.5 Å². The number of hydrogen-bond acceptors (Lipinski definition) is 4. The van der Waals surface area contributed by atoms with Crippen LogP contribution < -0.4 is 4.74 Å². The van der Waals surface area contributed by atoms with E-state index >= 15 is 0 Å². The monoisotopic (exact) mass is 260 g/mol. The molecule has 0 amide bonds. The van der Waals surface area contributed by atoms with Crippen LogP contribution >= 0.6 is 15.9 Å². The Hall–Kier alpha value is -0.680. The standard InChI is InChI=1S/C9H13BrN2O2/c1-13-5-7(10)3-8-4-9(14-2)12-6-11-8/h4,6-7H,3,5H2,1-2H3. The molecular weight excluding hydrogens is 248 g/mol. The summed E-state index contributed by atoms with van der Waals surface area (Å²) in [4.78, 5) is 8.33. The van der Waals surface area contributed by atoms with Crippen LogP contribution in [0.4, 0.5) is 0 Å². The third-order valence-electron chi connectivity index (χ3n) is 1.69. The lowest BCUT2D eigenvalue weighted by molar-refractivity contribution is 0.200. The first-order valence-electron chi connectivity index (χ1n) is 4.24. The topological polar surface area (TPSA) is 44.2 Å². The van der Waals surface area contributed by atoms with E-state index in [1.165, 1.54) is 6.33 Å². The molecule has 0 aromatic carbocycles. The van der Waals surface area contributed by atoms with Gasteiger partial charge < -0.3 is 9.47 Å². The molecule has 0 aliphatic carbocycles. The molecule has 1 unspecified atom stereocenters. The fourth-order valence-electron chi connectivity index (χ4n) is 1.07. The molecule has 1 heterocycles. The predicted molar refractivity (Wildman–Crippen MR) is 56.9 cm³/mol. The molecule has 0 bridgehead atoms. The van der Waals surface area contributed by atoms with Crippen LogP contribution in [0.1, 0.15) is 5.69 Å². The molecule has 14 heavy (non-hydrogen) atoms. The van der Waals surface area contributed by atoms with Crippen molar-refractivity contribution in [2.75, 3.05) is 20.8 Å². The molecule has 1 aromatic heterocycles. The van der Waals surface area contributed by atoms with E-state index in [2.05, 4.69) is 25.9 Å². The second-order valence-electron chi connectivity index (χ2n) is 2.81. The number of halogens is 1. The van der Waals surface area contributed by atoms with Gasteiger partial charge in [-0.05, 0) is 0 Å². The van der Waals surface area contributed by atoms with E-state index in [0.717, 1.165) is 12.1 Å². The third kappa shape index (κ3) is 3.59. The Kier molecular flexibility index (Phi) is 4.82. The molecule has 0 aliphatic heterocycles. The smallest absolute Gasteiger partial charge is 0.216 e. The number of ether oxygens (including phenoxy) is 2. The molecule has 1 atom stereocenters. The number of alkyl halides is 1. The van der Waals surface area contributed by atoms with Crippen LogP contribution in [0, 0.1) is 0 Å². The molecule has 1 rings (SSSR count). The highest BCUT2D eigenvalue weighted by Gasteiger charge is 2.07. The minimum absolute atomic E-state index is 0.270. The fourth-order valence-corrected chi connectivity index (χ4v) is 1.66. The van der Waals surface area contributed by atoms with Gasteiger partial charge in [0.1, 0.15) is 6.33 Å². The van der Waals surface area contributed by atoms with Crippen molar-refractivity contribution in [1.82, 2.24) is 9.97 Å². The normalized spacial score (nSPS) is 12.5. The highest BCUT2D eigenvalue weighted by atomic mass is 79.9. The Morgan fingerprint density at radius 1 is 1.43 bits per heavy atom. The van der Waals surface area contributed by atoms with E-state index in [9.17, 15) is 0 Å². The maximum atomic E-state index is 5.01. The predicted octanol–water partition coefficient (Wildman–Crippen LogP) is 1.44. The van der Waals surface area contributed by atoms with Crippen LogP contribution in [0.25, 0.3) is 0 Å². The van der Waals surface area contributed by atoms with Gasteiger partial charge in [-0.1, -0.05) is 15.9 Å². The molecule has 0 aliphatic rings. The van der Waals surface area contributed by atoms with Gasteiger partial charge in [-0.2, -0.15) is 0 Å². The van der Waals surface area contributed by atoms with Gasteiger partial charge >= 0.3 is 0 Å². The minimum Gasteiger partial charge on any atom is -0.481 e. The van der Waals surface area contributed by atoms with E-state index in [1.807, 2.05) is 6.07 Å². The van der Waals surface area contributed by atoms with Gasteiger partial charge in [0.25, 0.3) is 0 Å². The molecule has 0 radical (unpaired) electrons. The lowest BCUT2D eigenvalue weighted by Gasteiger charge is -2.07. The second-order valence-corrected chi connectivity index (χ2v) is 4.10. The minimum atomic E-state index is 0.270. The van der Waals surface area contributed by atoms with Crippen molar-refractivity contribution in [3.8, 4) is 5.88 Å². The Morgan fingerprint density at radius 3 is 2.86 bits per heavy atom. The van der Waals surface area contributed by atoms with Crippen LogP contribution in [0.15, 0.2) is 12.4 Å². The average Bonchev–Trinajstić information content (AvgIpc) is 2.18. The Bertz CT molecular complexity index is 283. The number of methoxy groups -OCH3 is 2. The fraction of sp³-hybridized carbons (Fsp3) is 0.556. The quantitative estimate of drug-likeness (QED) is 0.752. The van der Waals surface area contributed by atoms with E-state index in [-0.39, 0.29) is 4.83 Å². The Labute approximate surface area is 91.8 Å². The highest BCUT2D eigenvalue weighted by Crippen LogP contribution is 2.11. The molecular formula is C9H13BrN2O2. The van der Waals surface area contributed by atoms with Gasteiger partial charge in [-0.25, -0.2) is 9.97 Å². The van der Waals surface area contributed by atoms with Crippen molar-refractivity contribution >= 4 is 15.9 Å². The number of rotatable bonds is 5. The first kappa shape index (κ1) is 11.4. The summed E-state index contributed by atoms with van der Waals surface area (Å²) in [6.07, 6.45) is 2.30. The number of nitrogens with zero attached hydrogens (tertiary/aromatic N) is 2. The molecule has 0 fully saturated rings. The van der Waals surface area contributed by atoms with Gasteiger partial charge in [0, 0.05) is 30.1 Å². The van der Waals surface area contributed by atoms with Crippen LogP contribution in [-0.2, 0) is 11.2 Å². The first-order chi connectivity index (χ1) is 6.76. The summed E-state index contributed by atoms with van der Waals surface area (Å²) in [7, 11) is 3.27. The van der Waals surface area contributed by atoms with Gasteiger partial charge in [0.2, 0.25) is 5.88 Å². The van der Waals surface area contributed by atoms with Crippen LogP contribution in [0.3, 0.4) is 0 Å². The van der Waals surface area contributed by atoms with Crippen molar-refractivity contribution < 1.29 is 9.47 Å². The van der Waals surface area contributed by atoms with Gasteiger partial charge in [0.05, 0.1) is 13.7 Å². The SMILES string of the molecule is COCC(Br)Cc1cc(OC)ncn1. The van der Waals surface area contributed by atoms with Crippen LogP contribution in [-0.4, -0.2) is 35.6 Å². The molecule has 0 spiro atoms. The molecule has 4 nitrogen and oxygen atoms in total. The molecule has 0 N–H and O–H groups in total. The highest BCUT2D eigenvalue weighted by molar-refractivity contribution is 9.09. The van der Waals surface area contributed by atoms with E-state index in [4.69, 9.17) is 9.47 Å². The van der Waals surface area contributed by atoms with Crippen molar-refractivity contribution in [2.24, 2.45) is 0 Å². The zero-order valence-electron chi connectivity index (χ0n) is 8.24. The zero-order chi connectivity index (χ0) is 10.4. The summed E-state index contributed by atoms with van der Waals surface area (Å²) in [5, 5.41) is 0. The molecule has 78 valence electrons. The molecule has 0 saturated carbocycles. The van der Waals surface area contributed by atoms with Crippen molar-refractivity contribution in [1.29, 1.82) is 0 Å². The van der Waals surface area contributed by atoms with Crippen LogP contribution in [0.2, 0.25) is 0 Å². The molecule has 5 heteroatoms. The summed E-state index contributed by atoms with van der Waals surface area (Å²) >= 11 is 3.50. The maximum absolute atomic E-state index is 5.01. The van der Waals surface area contributed by atoms with Gasteiger partial charge in [-0.15, -0.1) is 0 Å². The van der Waals surface area contributed by atoms with Crippen molar-refractivity contribution in [3.63, 3.8) is 0 Å². The van der Waals surface area contributed by atoms with Crippen molar-refractivity contribution in [2.45, 2.75) is 11.2 Å². The summed E-state index contributed by atoms with van der Waals surface area (Å²) in [6.45, 7) is 0.659. The molecule has 0 saturated heterocycles. The Morgan fingerprint density at radius 2 is 2.21 bits per heavy atom. The average molecular weight is 261 g/mol. The van der Waals surface area contributed by atoms with Gasteiger partial charge in [0.15, 0.2) is 0 Å². The summed E-state index contributed by atoms with van der Waals surface area (Å²) in [6, 6.07) is 1.82. The molecule has 1 aromatic rings. The van der Waals surface area contributed by atoms with Gasteiger partial charge in [-0.3, -0.25) is 0 Å². The lowest BCUT2D eigenvalue weighted by atomic mass is 10.2.